The molecule has 1 N–H and O–H groups in total. The van der Waals surface area contributed by atoms with Crippen molar-refractivity contribution < 1.29 is 0 Å². The van der Waals surface area contributed by atoms with Crippen molar-refractivity contribution in [2.75, 3.05) is 7.05 Å². The highest BCUT2D eigenvalue weighted by atomic mass is 15.3. The highest BCUT2D eigenvalue weighted by Gasteiger charge is 2.15. The number of nitrogens with one attached hydrogen (secondary N) is 1. The molecule has 0 fully saturated rings. The van der Waals surface area contributed by atoms with Crippen LogP contribution in [0.15, 0.2) is 18.6 Å². The van der Waals surface area contributed by atoms with Crippen molar-refractivity contribution in [3.8, 4) is 0 Å². The number of rotatable bonds is 5. The minimum absolute atomic E-state index is 0.228. The number of hydrogen-bond acceptors (Lipinski definition) is 3. The SMILES string of the molecule is CCc1cc(CC(NC)c2cn(C)cn2)n(C)n1. The van der Waals surface area contributed by atoms with E-state index in [4.69, 9.17) is 0 Å². The molecule has 2 heterocycles. The van der Waals surface area contributed by atoms with Gasteiger partial charge in [-0.25, -0.2) is 4.98 Å². The van der Waals surface area contributed by atoms with E-state index in [-0.39, 0.29) is 6.04 Å². The first kappa shape index (κ1) is 12.8. The fourth-order valence-electron chi connectivity index (χ4n) is 2.11. The first-order chi connectivity index (χ1) is 8.63. The highest BCUT2D eigenvalue weighted by molar-refractivity contribution is 5.15. The van der Waals surface area contributed by atoms with Crippen LogP contribution in [0.1, 0.15) is 30.0 Å². The Balaban J connectivity index is 2.17. The molecule has 5 heteroatoms. The first-order valence-corrected chi connectivity index (χ1v) is 6.31. The van der Waals surface area contributed by atoms with Gasteiger partial charge in [-0.1, -0.05) is 6.92 Å². The van der Waals surface area contributed by atoms with Crippen molar-refractivity contribution >= 4 is 0 Å². The Morgan fingerprint density at radius 3 is 2.67 bits per heavy atom. The van der Waals surface area contributed by atoms with Gasteiger partial charge in [0, 0.05) is 32.4 Å². The second-order valence-corrected chi connectivity index (χ2v) is 4.61. The van der Waals surface area contributed by atoms with Crippen molar-refractivity contribution in [1.82, 2.24) is 24.6 Å². The van der Waals surface area contributed by atoms with Crippen LogP contribution in [0.4, 0.5) is 0 Å². The summed E-state index contributed by atoms with van der Waals surface area (Å²) >= 11 is 0. The lowest BCUT2D eigenvalue weighted by Gasteiger charge is -2.13. The summed E-state index contributed by atoms with van der Waals surface area (Å²) in [5, 5.41) is 7.80. The second kappa shape index (κ2) is 5.35. The molecule has 18 heavy (non-hydrogen) atoms. The van der Waals surface area contributed by atoms with Gasteiger partial charge in [-0.2, -0.15) is 5.10 Å². The predicted octanol–water partition coefficient (Wildman–Crippen LogP) is 1.22. The van der Waals surface area contributed by atoms with Gasteiger partial charge in [0.05, 0.1) is 23.8 Å². The Labute approximate surface area is 108 Å². The Morgan fingerprint density at radius 1 is 1.39 bits per heavy atom. The third-order valence-electron chi connectivity index (χ3n) is 3.23. The number of hydrogen-bond donors (Lipinski definition) is 1. The molecule has 1 unspecified atom stereocenters. The van der Waals surface area contributed by atoms with Gasteiger partial charge >= 0.3 is 0 Å². The van der Waals surface area contributed by atoms with Gasteiger partial charge in [0.2, 0.25) is 0 Å². The van der Waals surface area contributed by atoms with Gasteiger partial charge < -0.3 is 9.88 Å². The molecule has 2 aromatic heterocycles. The molecule has 0 aliphatic carbocycles. The summed E-state index contributed by atoms with van der Waals surface area (Å²) in [6, 6.07) is 2.40. The van der Waals surface area contributed by atoms with Crippen molar-refractivity contribution in [2.45, 2.75) is 25.8 Å². The maximum atomic E-state index is 4.48. The summed E-state index contributed by atoms with van der Waals surface area (Å²) in [7, 11) is 5.96. The molecule has 0 saturated heterocycles. The third kappa shape index (κ3) is 2.61. The Morgan fingerprint density at radius 2 is 2.17 bits per heavy atom. The van der Waals surface area contributed by atoms with Crippen LogP contribution in [-0.4, -0.2) is 26.4 Å². The van der Waals surface area contributed by atoms with E-state index in [1.165, 1.54) is 5.69 Å². The van der Waals surface area contributed by atoms with Crippen molar-refractivity contribution in [2.24, 2.45) is 14.1 Å². The smallest absolute Gasteiger partial charge is 0.0947 e. The van der Waals surface area contributed by atoms with E-state index in [0.717, 1.165) is 24.2 Å². The minimum atomic E-state index is 0.228. The van der Waals surface area contributed by atoms with Gasteiger partial charge in [-0.15, -0.1) is 0 Å². The average Bonchev–Trinajstić information content (AvgIpc) is 2.93. The van der Waals surface area contributed by atoms with Crippen LogP contribution in [0, 0.1) is 0 Å². The molecule has 0 bridgehead atoms. The average molecular weight is 247 g/mol. The van der Waals surface area contributed by atoms with E-state index in [9.17, 15) is 0 Å². The zero-order valence-corrected chi connectivity index (χ0v) is 11.5. The maximum Gasteiger partial charge on any atom is 0.0947 e. The molecule has 0 spiro atoms. The van der Waals surface area contributed by atoms with Crippen LogP contribution in [0.25, 0.3) is 0 Å². The summed E-state index contributed by atoms with van der Waals surface area (Å²) < 4.78 is 3.94. The molecule has 98 valence electrons. The van der Waals surface area contributed by atoms with Gasteiger partial charge in [0.25, 0.3) is 0 Å². The molecule has 0 aromatic carbocycles. The maximum absolute atomic E-state index is 4.48. The van der Waals surface area contributed by atoms with Gasteiger partial charge in [0.1, 0.15) is 0 Å². The lowest BCUT2D eigenvalue weighted by molar-refractivity contribution is 0.550. The number of aryl methyl sites for hydroxylation is 3. The van der Waals surface area contributed by atoms with Crippen LogP contribution in [-0.2, 0) is 26.9 Å². The summed E-state index contributed by atoms with van der Waals surface area (Å²) in [6.07, 6.45) is 5.76. The van der Waals surface area contributed by atoms with Crippen molar-refractivity contribution in [3.05, 3.63) is 35.7 Å². The summed E-state index contributed by atoms with van der Waals surface area (Å²) in [5.74, 6) is 0. The van der Waals surface area contributed by atoms with E-state index >= 15 is 0 Å². The molecule has 1 atom stereocenters. The highest BCUT2D eigenvalue weighted by Crippen LogP contribution is 2.16. The van der Waals surface area contributed by atoms with E-state index in [2.05, 4.69) is 34.6 Å². The van der Waals surface area contributed by atoms with Crippen molar-refractivity contribution in [1.29, 1.82) is 0 Å². The van der Waals surface area contributed by atoms with Gasteiger partial charge in [-0.05, 0) is 19.5 Å². The molecule has 2 rings (SSSR count). The largest absolute Gasteiger partial charge is 0.340 e. The molecule has 0 aliphatic heterocycles. The molecular weight excluding hydrogens is 226 g/mol. The van der Waals surface area contributed by atoms with Gasteiger partial charge in [-0.3, -0.25) is 4.68 Å². The summed E-state index contributed by atoms with van der Waals surface area (Å²) in [6.45, 7) is 2.13. The number of aromatic nitrogens is 4. The molecule has 0 radical (unpaired) electrons. The Bertz CT molecular complexity index is 511. The molecule has 2 aromatic rings. The fourth-order valence-corrected chi connectivity index (χ4v) is 2.11. The van der Waals surface area contributed by atoms with Gasteiger partial charge in [0.15, 0.2) is 0 Å². The topological polar surface area (TPSA) is 47.7 Å². The van der Waals surface area contributed by atoms with E-state index < -0.39 is 0 Å². The molecular formula is C13H21N5. The Kier molecular flexibility index (Phi) is 3.81. The van der Waals surface area contributed by atoms with Crippen LogP contribution >= 0.6 is 0 Å². The van der Waals surface area contributed by atoms with Crippen LogP contribution < -0.4 is 5.32 Å². The van der Waals surface area contributed by atoms with Crippen LogP contribution in [0.2, 0.25) is 0 Å². The monoisotopic (exact) mass is 247 g/mol. The number of imidazole rings is 1. The summed E-state index contributed by atoms with van der Waals surface area (Å²) in [5.41, 5.74) is 3.44. The zero-order chi connectivity index (χ0) is 13.1. The van der Waals surface area contributed by atoms with Crippen molar-refractivity contribution in [3.63, 3.8) is 0 Å². The van der Waals surface area contributed by atoms with Crippen LogP contribution in [0.5, 0.6) is 0 Å². The van der Waals surface area contributed by atoms with E-state index in [1.54, 1.807) is 0 Å². The molecule has 0 amide bonds. The lowest BCUT2D eigenvalue weighted by atomic mass is 10.1. The fraction of sp³-hybridized carbons (Fsp3) is 0.538. The minimum Gasteiger partial charge on any atom is -0.340 e. The predicted molar refractivity (Wildman–Crippen MR) is 71.3 cm³/mol. The zero-order valence-electron chi connectivity index (χ0n) is 11.5. The standard InChI is InChI=1S/C13H21N5/c1-5-10-6-11(18(4)16-10)7-12(14-2)13-8-17(3)9-15-13/h6,8-9,12,14H,5,7H2,1-4H3. The van der Waals surface area contributed by atoms with E-state index in [0.29, 0.717) is 0 Å². The Hall–Kier alpha value is -1.62. The van der Waals surface area contributed by atoms with E-state index in [1.807, 2.05) is 36.7 Å². The molecule has 0 aliphatic rings. The molecule has 0 saturated carbocycles. The van der Waals surface area contributed by atoms with Crippen LogP contribution in [0.3, 0.4) is 0 Å². The number of nitrogens with zero attached hydrogens (tertiary/aromatic N) is 4. The normalized spacial score (nSPS) is 12.9. The molecule has 5 nitrogen and oxygen atoms in total. The number of likely N-dealkylation sites (N-methyl/N-ethyl adjacent to an activating group) is 1. The third-order valence-corrected chi connectivity index (χ3v) is 3.23. The summed E-state index contributed by atoms with van der Waals surface area (Å²) in [4.78, 5) is 4.41. The quantitative estimate of drug-likeness (QED) is 0.864. The second-order valence-electron chi connectivity index (χ2n) is 4.61. The first-order valence-electron chi connectivity index (χ1n) is 6.31. The lowest BCUT2D eigenvalue weighted by Crippen LogP contribution is -2.20.